The van der Waals surface area contributed by atoms with Crippen LogP contribution in [0.5, 0.6) is 0 Å². The zero-order valence-corrected chi connectivity index (χ0v) is 13.5. The topological polar surface area (TPSA) is 49.4 Å². The lowest BCUT2D eigenvalue weighted by molar-refractivity contribution is -0.119. The second-order valence-electron chi connectivity index (χ2n) is 6.00. The molecule has 0 unspecified atom stereocenters. The van der Waals surface area contributed by atoms with Crippen molar-refractivity contribution in [1.29, 1.82) is 0 Å². The predicted molar refractivity (Wildman–Crippen MR) is 90.3 cm³/mol. The lowest BCUT2D eigenvalue weighted by atomic mass is 10.1. The van der Waals surface area contributed by atoms with Gasteiger partial charge in [-0.3, -0.25) is 9.59 Å². The highest BCUT2D eigenvalue weighted by atomic mass is 19.1. The summed E-state index contributed by atoms with van der Waals surface area (Å²) in [5, 5.41) is 2.59. The Morgan fingerprint density at radius 1 is 1.17 bits per heavy atom. The van der Waals surface area contributed by atoms with Gasteiger partial charge in [0.1, 0.15) is 11.9 Å². The van der Waals surface area contributed by atoms with Gasteiger partial charge in [0.2, 0.25) is 5.91 Å². The Morgan fingerprint density at radius 2 is 1.96 bits per heavy atom. The summed E-state index contributed by atoms with van der Waals surface area (Å²) in [5.74, 6) is -0.996. The maximum Gasteiger partial charge on any atom is 0.254 e. The number of hydrogen-bond acceptors (Lipinski definition) is 2. The van der Waals surface area contributed by atoms with Gasteiger partial charge >= 0.3 is 0 Å². The molecule has 1 fully saturated rings. The number of carbonyl (C=O) groups is 2. The van der Waals surface area contributed by atoms with Crippen molar-refractivity contribution >= 4 is 17.5 Å². The summed E-state index contributed by atoms with van der Waals surface area (Å²) in [5.41, 5.74) is 1.70. The highest BCUT2D eigenvalue weighted by molar-refractivity contribution is 6.01. The number of nitrogens with zero attached hydrogens (tertiary/aromatic N) is 1. The smallest absolute Gasteiger partial charge is 0.254 e. The van der Waals surface area contributed by atoms with Crippen molar-refractivity contribution in [1.82, 2.24) is 4.90 Å². The molecule has 0 radical (unpaired) electrons. The standard InChI is InChI=1S/C19H19FN2O2/c1-13-6-4-7-14(12-13)19(24)22-11-5-10-17(22)18(23)21-16-9-3-2-8-15(16)20/h2-4,6-9,12,17H,5,10-11H2,1H3,(H,21,23)/t17-/m1/s1. The second-order valence-corrected chi connectivity index (χ2v) is 6.00. The summed E-state index contributed by atoms with van der Waals surface area (Å²) >= 11 is 0. The maximum absolute atomic E-state index is 13.7. The number of aryl methyl sites for hydroxylation is 1. The molecule has 2 aromatic rings. The van der Waals surface area contributed by atoms with E-state index in [1.807, 2.05) is 25.1 Å². The van der Waals surface area contributed by atoms with Crippen LogP contribution in [0.25, 0.3) is 0 Å². The van der Waals surface area contributed by atoms with Gasteiger partial charge in [-0.1, -0.05) is 29.8 Å². The lowest BCUT2D eigenvalue weighted by Gasteiger charge is -2.24. The van der Waals surface area contributed by atoms with Crippen molar-refractivity contribution in [2.75, 3.05) is 11.9 Å². The number of para-hydroxylation sites is 1. The van der Waals surface area contributed by atoms with Gasteiger partial charge < -0.3 is 10.2 Å². The molecule has 1 saturated heterocycles. The molecule has 2 amide bonds. The van der Waals surface area contributed by atoms with E-state index in [9.17, 15) is 14.0 Å². The van der Waals surface area contributed by atoms with Crippen LogP contribution in [-0.2, 0) is 4.79 Å². The van der Waals surface area contributed by atoms with E-state index >= 15 is 0 Å². The minimum Gasteiger partial charge on any atom is -0.327 e. The minimum absolute atomic E-state index is 0.136. The molecule has 0 aromatic heterocycles. The fourth-order valence-corrected chi connectivity index (χ4v) is 3.00. The minimum atomic E-state index is -0.572. The van der Waals surface area contributed by atoms with E-state index in [1.54, 1.807) is 23.1 Å². The van der Waals surface area contributed by atoms with Crippen LogP contribution < -0.4 is 5.32 Å². The first-order chi connectivity index (χ1) is 11.6. The largest absolute Gasteiger partial charge is 0.327 e. The van der Waals surface area contributed by atoms with Crippen LogP contribution in [0, 0.1) is 12.7 Å². The van der Waals surface area contributed by atoms with Crippen molar-refractivity contribution in [2.24, 2.45) is 0 Å². The van der Waals surface area contributed by atoms with Crippen LogP contribution in [0.15, 0.2) is 48.5 Å². The van der Waals surface area contributed by atoms with E-state index in [4.69, 9.17) is 0 Å². The summed E-state index contributed by atoms with van der Waals surface area (Å²) in [7, 11) is 0. The highest BCUT2D eigenvalue weighted by Gasteiger charge is 2.34. The first-order valence-corrected chi connectivity index (χ1v) is 7.99. The molecular formula is C19H19FN2O2. The Balaban J connectivity index is 1.76. The molecule has 124 valence electrons. The molecule has 1 aliphatic rings. The molecule has 3 rings (SSSR count). The quantitative estimate of drug-likeness (QED) is 0.940. The summed E-state index contributed by atoms with van der Waals surface area (Å²) in [6.45, 7) is 2.45. The number of hydrogen-bond donors (Lipinski definition) is 1. The van der Waals surface area contributed by atoms with E-state index in [-0.39, 0.29) is 17.5 Å². The Hall–Kier alpha value is -2.69. The van der Waals surface area contributed by atoms with Crippen LogP contribution >= 0.6 is 0 Å². The summed E-state index contributed by atoms with van der Waals surface area (Å²) in [6, 6.07) is 12.8. The number of benzene rings is 2. The molecule has 4 nitrogen and oxygen atoms in total. The highest BCUT2D eigenvalue weighted by Crippen LogP contribution is 2.23. The molecule has 0 bridgehead atoms. The van der Waals surface area contributed by atoms with Gasteiger partial charge in [0.05, 0.1) is 5.69 Å². The van der Waals surface area contributed by atoms with Crippen LogP contribution in [-0.4, -0.2) is 29.3 Å². The van der Waals surface area contributed by atoms with E-state index in [1.165, 1.54) is 12.1 Å². The zero-order chi connectivity index (χ0) is 17.1. The lowest BCUT2D eigenvalue weighted by Crippen LogP contribution is -2.43. The molecule has 1 N–H and O–H groups in total. The molecule has 1 atom stereocenters. The van der Waals surface area contributed by atoms with Gasteiger partial charge in [0.25, 0.3) is 5.91 Å². The van der Waals surface area contributed by atoms with Gasteiger partial charge in [0, 0.05) is 12.1 Å². The number of carbonyl (C=O) groups excluding carboxylic acids is 2. The Kier molecular flexibility index (Phi) is 4.60. The molecule has 5 heteroatoms. The number of rotatable bonds is 3. The zero-order valence-electron chi connectivity index (χ0n) is 13.5. The monoisotopic (exact) mass is 326 g/mol. The van der Waals surface area contributed by atoms with Gasteiger partial charge in [-0.25, -0.2) is 4.39 Å². The normalized spacial score (nSPS) is 16.9. The Morgan fingerprint density at radius 3 is 2.71 bits per heavy atom. The van der Waals surface area contributed by atoms with Crippen LogP contribution in [0.1, 0.15) is 28.8 Å². The van der Waals surface area contributed by atoms with Gasteiger partial charge in [-0.15, -0.1) is 0 Å². The SMILES string of the molecule is Cc1cccc(C(=O)N2CCC[C@@H]2C(=O)Nc2ccccc2F)c1. The van der Waals surface area contributed by atoms with Crippen molar-refractivity contribution < 1.29 is 14.0 Å². The van der Waals surface area contributed by atoms with Gasteiger partial charge in [0.15, 0.2) is 0 Å². The average molecular weight is 326 g/mol. The third-order valence-electron chi connectivity index (χ3n) is 4.21. The van der Waals surface area contributed by atoms with E-state index in [2.05, 4.69) is 5.32 Å². The maximum atomic E-state index is 13.7. The summed E-state index contributed by atoms with van der Waals surface area (Å²) in [4.78, 5) is 26.8. The van der Waals surface area contributed by atoms with Crippen LogP contribution in [0.4, 0.5) is 10.1 Å². The van der Waals surface area contributed by atoms with Crippen molar-refractivity contribution in [2.45, 2.75) is 25.8 Å². The molecule has 0 saturated carbocycles. The second kappa shape index (κ2) is 6.83. The Bertz CT molecular complexity index is 775. The molecule has 1 heterocycles. The number of likely N-dealkylation sites (tertiary alicyclic amines) is 1. The molecular weight excluding hydrogens is 307 g/mol. The predicted octanol–water partition coefficient (Wildman–Crippen LogP) is 3.38. The van der Waals surface area contributed by atoms with Crippen molar-refractivity contribution in [3.63, 3.8) is 0 Å². The van der Waals surface area contributed by atoms with Gasteiger partial charge in [-0.2, -0.15) is 0 Å². The average Bonchev–Trinajstić information content (AvgIpc) is 3.06. The van der Waals surface area contributed by atoms with Gasteiger partial charge in [-0.05, 0) is 44.0 Å². The fraction of sp³-hybridized carbons (Fsp3) is 0.263. The number of anilines is 1. The van der Waals surface area contributed by atoms with Crippen LogP contribution in [0.2, 0.25) is 0 Å². The molecule has 1 aliphatic heterocycles. The molecule has 0 aliphatic carbocycles. The van der Waals surface area contributed by atoms with E-state index in [0.717, 1.165) is 12.0 Å². The third kappa shape index (κ3) is 3.30. The number of nitrogens with one attached hydrogen (secondary N) is 1. The summed E-state index contributed by atoms with van der Waals surface area (Å²) in [6.07, 6.45) is 1.34. The molecule has 2 aromatic carbocycles. The van der Waals surface area contributed by atoms with Crippen LogP contribution in [0.3, 0.4) is 0 Å². The molecule has 0 spiro atoms. The summed E-state index contributed by atoms with van der Waals surface area (Å²) < 4.78 is 13.7. The van der Waals surface area contributed by atoms with E-state index in [0.29, 0.717) is 18.5 Å². The van der Waals surface area contributed by atoms with Crippen molar-refractivity contribution in [3.8, 4) is 0 Å². The third-order valence-corrected chi connectivity index (χ3v) is 4.21. The van der Waals surface area contributed by atoms with E-state index < -0.39 is 11.9 Å². The first-order valence-electron chi connectivity index (χ1n) is 7.99. The first kappa shape index (κ1) is 16.2. The fourth-order valence-electron chi connectivity index (χ4n) is 3.00. The molecule has 24 heavy (non-hydrogen) atoms. The number of amides is 2. The number of halogens is 1. The Labute approximate surface area is 140 Å². The van der Waals surface area contributed by atoms with Crippen molar-refractivity contribution in [3.05, 3.63) is 65.5 Å².